The third kappa shape index (κ3) is 4.65. The average Bonchev–Trinajstić information content (AvgIpc) is 2.95. The molecule has 122 valence electrons. The zero-order valence-electron chi connectivity index (χ0n) is 14.7. The second-order valence-corrected chi connectivity index (χ2v) is 13.3. The SMILES string of the molecule is [CH2]=[Zr+2]([C]1=C(C(C)(C)C)C=CC1)[C]1=C(C(C)(C)C)C=CC1.[Cl-].[Cl-]. The summed E-state index contributed by atoms with van der Waals surface area (Å²) in [6, 6.07) is 0. The van der Waals surface area contributed by atoms with Crippen molar-refractivity contribution >= 4 is 4.21 Å². The van der Waals surface area contributed by atoms with Crippen molar-refractivity contribution in [3.05, 3.63) is 42.0 Å². The third-order valence-corrected chi connectivity index (χ3v) is 10.1. The number of halogens is 2. The van der Waals surface area contributed by atoms with Crippen LogP contribution in [0, 0.1) is 10.8 Å². The van der Waals surface area contributed by atoms with Crippen LogP contribution in [-0.4, -0.2) is 4.21 Å². The van der Waals surface area contributed by atoms with Gasteiger partial charge in [0.25, 0.3) is 0 Å². The monoisotopic (exact) mass is 416 g/mol. The summed E-state index contributed by atoms with van der Waals surface area (Å²) in [5, 5.41) is 0. The fourth-order valence-electron chi connectivity index (χ4n) is 3.17. The van der Waals surface area contributed by atoms with Gasteiger partial charge in [0.1, 0.15) is 0 Å². The van der Waals surface area contributed by atoms with Crippen LogP contribution in [0.2, 0.25) is 0 Å². The Labute approximate surface area is 156 Å². The molecule has 0 N–H and O–H groups in total. The predicted molar refractivity (Wildman–Crippen MR) is 87.6 cm³/mol. The van der Waals surface area contributed by atoms with Gasteiger partial charge in [0, 0.05) is 0 Å². The number of rotatable bonds is 2. The van der Waals surface area contributed by atoms with Gasteiger partial charge in [0.05, 0.1) is 0 Å². The van der Waals surface area contributed by atoms with Gasteiger partial charge in [0.15, 0.2) is 0 Å². The quantitative estimate of drug-likeness (QED) is 0.571. The van der Waals surface area contributed by atoms with E-state index in [1.54, 1.807) is 17.7 Å². The average molecular weight is 419 g/mol. The summed E-state index contributed by atoms with van der Waals surface area (Å²) in [5.74, 6) is 0. The summed E-state index contributed by atoms with van der Waals surface area (Å²) in [5.41, 5.74) is 3.69. The summed E-state index contributed by atoms with van der Waals surface area (Å²) in [4.78, 5) is 0. The molecule has 0 aromatic heterocycles. The van der Waals surface area contributed by atoms with Crippen molar-refractivity contribution in [2.24, 2.45) is 10.8 Å². The Hall–Kier alpha value is 0.293. The maximum Gasteiger partial charge on any atom is -1.00 e. The van der Waals surface area contributed by atoms with Gasteiger partial charge in [-0.15, -0.1) is 0 Å². The minimum Gasteiger partial charge on any atom is -1.00 e. The molecular weight excluding hydrogens is 390 g/mol. The molecule has 0 radical (unpaired) electrons. The molecule has 0 unspecified atom stereocenters. The summed E-state index contributed by atoms with van der Waals surface area (Å²) >= 11 is -1.89. The van der Waals surface area contributed by atoms with Crippen molar-refractivity contribution in [2.45, 2.75) is 54.4 Å². The van der Waals surface area contributed by atoms with Gasteiger partial charge in [-0.05, 0) is 0 Å². The maximum absolute atomic E-state index is 4.73. The Morgan fingerprint density at radius 2 is 1.09 bits per heavy atom. The summed E-state index contributed by atoms with van der Waals surface area (Å²) in [7, 11) is 0. The van der Waals surface area contributed by atoms with Gasteiger partial charge in [-0.3, -0.25) is 0 Å². The maximum atomic E-state index is 4.73. The first-order chi connectivity index (χ1) is 9.12. The van der Waals surface area contributed by atoms with E-state index in [0.29, 0.717) is 0 Å². The molecule has 2 aliphatic rings. The standard InChI is InChI=1S/2C9H13.CH2.2ClH.Zr/c2*1-9(2,3)8-6-4-5-7-8;;;;/h2*4,6H,5H2,1-3H3;1H2;2*1H;/q;;;;;+2/p-2. The van der Waals surface area contributed by atoms with E-state index in [-0.39, 0.29) is 35.6 Å². The Morgan fingerprint density at radius 1 is 0.773 bits per heavy atom. The molecule has 0 aromatic carbocycles. The van der Waals surface area contributed by atoms with Crippen LogP contribution in [0.4, 0.5) is 0 Å². The smallest absolute Gasteiger partial charge is 1.00 e. The van der Waals surface area contributed by atoms with Crippen LogP contribution >= 0.6 is 0 Å². The molecule has 0 atom stereocenters. The molecule has 0 amide bonds. The van der Waals surface area contributed by atoms with Crippen molar-refractivity contribution in [3.8, 4) is 0 Å². The Morgan fingerprint density at radius 3 is 1.36 bits per heavy atom. The minimum atomic E-state index is -1.89. The fraction of sp³-hybridized carbons (Fsp3) is 0.526. The van der Waals surface area contributed by atoms with E-state index in [0.717, 1.165) is 12.8 Å². The first-order valence-electron chi connectivity index (χ1n) is 7.62. The van der Waals surface area contributed by atoms with E-state index in [4.69, 9.17) is 4.21 Å². The van der Waals surface area contributed by atoms with Gasteiger partial charge < -0.3 is 24.8 Å². The van der Waals surface area contributed by atoms with Crippen molar-refractivity contribution in [2.75, 3.05) is 0 Å². The van der Waals surface area contributed by atoms with Crippen LogP contribution in [0.15, 0.2) is 42.0 Å². The van der Waals surface area contributed by atoms with Crippen LogP contribution in [0.3, 0.4) is 0 Å². The predicted octanol–water partition coefficient (Wildman–Crippen LogP) is -0.435. The molecule has 0 saturated heterocycles. The zero-order chi connectivity index (χ0) is 15.1. The molecule has 0 heterocycles. The van der Waals surface area contributed by atoms with Crippen LogP contribution in [-0.2, 0) is 21.3 Å². The topological polar surface area (TPSA) is 0 Å². The Balaban J connectivity index is 0.00000220. The molecule has 0 spiro atoms. The molecule has 0 fully saturated rings. The largest absolute Gasteiger partial charge is 1.00 e. The molecule has 0 aliphatic heterocycles. The van der Waals surface area contributed by atoms with Crippen LogP contribution in [0.25, 0.3) is 0 Å². The second kappa shape index (κ2) is 7.91. The van der Waals surface area contributed by atoms with Gasteiger partial charge in [-0.2, -0.15) is 0 Å². The fourth-order valence-corrected chi connectivity index (χ4v) is 9.71. The van der Waals surface area contributed by atoms with Gasteiger partial charge in [-0.25, -0.2) is 0 Å². The van der Waals surface area contributed by atoms with Crippen molar-refractivity contribution in [1.29, 1.82) is 0 Å². The Kier molecular flexibility index (Phi) is 8.02. The summed E-state index contributed by atoms with van der Waals surface area (Å²) < 4.78 is 8.18. The first kappa shape index (κ1) is 22.3. The van der Waals surface area contributed by atoms with Crippen molar-refractivity contribution in [3.63, 3.8) is 0 Å². The molecule has 3 heteroatoms. The number of allylic oxidation sites excluding steroid dienone is 8. The third-order valence-electron chi connectivity index (χ3n) is 4.21. The number of hydrogen-bond donors (Lipinski definition) is 0. The number of hydrogen-bond acceptors (Lipinski definition) is 0. The Bertz CT molecular complexity index is 511. The molecule has 0 saturated carbocycles. The second-order valence-electron chi connectivity index (χ2n) is 7.98. The molecule has 0 aromatic rings. The van der Waals surface area contributed by atoms with E-state index in [2.05, 4.69) is 65.8 Å². The van der Waals surface area contributed by atoms with E-state index in [9.17, 15) is 0 Å². The van der Waals surface area contributed by atoms with E-state index in [1.807, 2.05) is 0 Å². The molecule has 2 rings (SSSR count). The van der Waals surface area contributed by atoms with Crippen molar-refractivity contribution < 1.29 is 46.1 Å². The van der Waals surface area contributed by atoms with Crippen molar-refractivity contribution in [1.82, 2.24) is 0 Å². The molecule has 0 nitrogen and oxygen atoms in total. The molecule has 22 heavy (non-hydrogen) atoms. The van der Waals surface area contributed by atoms with E-state index >= 15 is 0 Å². The summed E-state index contributed by atoms with van der Waals surface area (Å²) in [6.45, 7) is 14.0. The zero-order valence-corrected chi connectivity index (χ0v) is 18.7. The van der Waals surface area contributed by atoms with Crippen LogP contribution in [0.1, 0.15) is 54.4 Å². The molecule has 0 bridgehead atoms. The molecule has 2 aliphatic carbocycles. The van der Waals surface area contributed by atoms with Gasteiger partial charge >= 0.3 is 133 Å². The minimum absolute atomic E-state index is 0. The molecular formula is C19H28Cl2Zr. The van der Waals surface area contributed by atoms with Gasteiger partial charge in [0.2, 0.25) is 0 Å². The van der Waals surface area contributed by atoms with Gasteiger partial charge in [-0.1, -0.05) is 0 Å². The first-order valence-corrected chi connectivity index (χ1v) is 11.8. The van der Waals surface area contributed by atoms with E-state index in [1.165, 1.54) is 0 Å². The van der Waals surface area contributed by atoms with Crippen LogP contribution in [0.5, 0.6) is 0 Å². The van der Waals surface area contributed by atoms with E-state index < -0.39 is 21.3 Å². The normalized spacial score (nSPS) is 17.3. The van der Waals surface area contributed by atoms with Crippen LogP contribution < -0.4 is 24.8 Å². The summed E-state index contributed by atoms with van der Waals surface area (Å²) in [6.07, 6.45) is 11.7.